The molecule has 1 aliphatic rings. The van der Waals surface area contributed by atoms with E-state index in [9.17, 15) is 0 Å². The molecule has 0 spiro atoms. The number of nitrogens with zero attached hydrogens (tertiary/aromatic N) is 1. The van der Waals surface area contributed by atoms with Crippen LogP contribution in [0.4, 0.5) is 0 Å². The van der Waals surface area contributed by atoms with Gasteiger partial charge >= 0.3 is 0 Å². The van der Waals surface area contributed by atoms with E-state index in [1.54, 1.807) is 0 Å². The lowest BCUT2D eigenvalue weighted by Gasteiger charge is -2.02. The Kier molecular flexibility index (Phi) is 1.89. The molecule has 0 aromatic heterocycles. The summed E-state index contributed by atoms with van der Waals surface area (Å²) < 4.78 is 0. The van der Waals surface area contributed by atoms with E-state index in [-0.39, 0.29) is 11.0 Å². The van der Waals surface area contributed by atoms with Crippen molar-refractivity contribution in [3.05, 3.63) is 11.6 Å². The molecule has 0 fully saturated rings. The molecule has 1 N–H and O–H groups in total. The van der Waals surface area contributed by atoms with E-state index < -0.39 is 0 Å². The van der Waals surface area contributed by atoms with Gasteiger partial charge in [-0.15, -0.1) is 0 Å². The molecule has 48 valence electrons. The molecule has 0 amide bonds. The molecule has 0 radical (unpaired) electrons. The SMILES string of the molecule is CC1=CC(C#N)NC1Br. The summed E-state index contributed by atoms with van der Waals surface area (Å²) in [7, 11) is 0. The normalized spacial score (nSPS) is 33.7. The van der Waals surface area contributed by atoms with E-state index in [1.807, 2.05) is 13.0 Å². The van der Waals surface area contributed by atoms with Crippen molar-refractivity contribution in [2.75, 3.05) is 0 Å². The first-order valence-electron chi connectivity index (χ1n) is 2.72. The number of hydrogen-bond acceptors (Lipinski definition) is 2. The number of hydrogen-bond donors (Lipinski definition) is 1. The van der Waals surface area contributed by atoms with Crippen LogP contribution in [-0.4, -0.2) is 11.0 Å². The van der Waals surface area contributed by atoms with Crippen molar-refractivity contribution in [2.45, 2.75) is 17.9 Å². The highest BCUT2D eigenvalue weighted by Gasteiger charge is 2.18. The van der Waals surface area contributed by atoms with Gasteiger partial charge in [-0.1, -0.05) is 22.0 Å². The zero-order valence-electron chi connectivity index (χ0n) is 5.06. The number of nitrogens with one attached hydrogen (secondary N) is 1. The number of rotatable bonds is 0. The van der Waals surface area contributed by atoms with Gasteiger partial charge in [0, 0.05) is 0 Å². The lowest BCUT2D eigenvalue weighted by atomic mass is 10.3. The maximum atomic E-state index is 8.42. The monoisotopic (exact) mass is 186 g/mol. The second-order valence-electron chi connectivity index (χ2n) is 2.05. The predicted molar refractivity (Wildman–Crippen MR) is 39.0 cm³/mol. The Balaban J connectivity index is 2.65. The minimum Gasteiger partial charge on any atom is -0.283 e. The van der Waals surface area contributed by atoms with Gasteiger partial charge in [-0.25, -0.2) is 0 Å². The molecule has 0 bridgehead atoms. The Labute approximate surface area is 62.7 Å². The van der Waals surface area contributed by atoms with Crippen LogP contribution in [0.15, 0.2) is 11.6 Å². The van der Waals surface area contributed by atoms with Crippen molar-refractivity contribution in [2.24, 2.45) is 0 Å². The maximum absolute atomic E-state index is 8.42. The maximum Gasteiger partial charge on any atom is 0.115 e. The molecule has 1 heterocycles. The number of alkyl halides is 1. The third kappa shape index (κ3) is 1.32. The van der Waals surface area contributed by atoms with Crippen LogP contribution in [0, 0.1) is 11.3 Å². The van der Waals surface area contributed by atoms with Gasteiger partial charge in [0.2, 0.25) is 0 Å². The summed E-state index contributed by atoms with van der Waals surface area (Å²) in [5, 5.41) is 11.4. The Morgan fingerprint density at radius 2 is 2.56 bits per heavy atom. The topological polar surface area (TPSA) is 35.8 Å². The molecule has 2 atom stereocenters. The number of nitriles is 1. The standard InChI is InChI=1S/C6H7BrN2/c1-4-2-5(3-8)9-6(4)7/h2,5-6,9H,1H3. The molecule has 1 rings (SSSR count). The molecule has 9 heavy (non-hydrogen) atoms. The average Bonchev–Trinajstić information content (AvgIpc) is 2.13. The summed E-state index contributed by atoms with van der Waals surface area (Å²) in [6, 6.07) is 2.00. The van der Waals surface area contributed by atoms with Crippen LogP contribution in [0.1, 0.15) is 6.92 Å². The summed E-state index contributed by atoms with van der Waals surface area (Å²) in [5.74, 6) is 0. The van der Waals surface area contributed by atoms with Crippen LogP contribution in [-0.2, 0) is 0 Å². The van der Waals surface area contributed by atoms with Crippen molar-refractivity contribution >= 4 is 15.9 Å². The van der Waals surface area contributed by atoms with Crippen LogP contribution in [0.2, 0.25) is 0 Å². The van der Waals surface area contributed by atoms with E-state index in [2.05, 4.69) is 27.3 Å². The largest absolute Gasteiger partial charge is 0.283 e. The van der Waals surface area contributed by atoms with Crippen molar-refractivity contribution in [1.82, 2.24) is 5.32 Å². The van der Waals surface area contributed by atoms with E-state index in [1.165, 1.54) is 5.57 Å². The molecule has 0 saturated carbocycles. The Morgan fingerprint density at radius 3 is 2.78 bits per heavy atom. The van der Waals surface area contributed by atoms with Gasteiger partial charge in [0.1, 0.15) is 6.04 Å². The summed E-state index contributed by atoms with van der Waals surface area (Å²) >= 11 is 3.35. The van der Waals surface area contributed by atoms with Gasteiger partial charge in [0.15, 0.2) is 0 Å². The molecule has 0 aliphatic carbocycles. The van der Waals surface area contributed by atoms with Crippen LogP contribution in [0.3, 0.4) is 0 Å². The summed E-state index contributed by atoms with van der Waals surface area (Å²) in [4.78, 5) is 0.196. The third-order valence-corrected chi connectivity index (χ3v) is 2.28. The van der Waals surface area contributed by atoms with Crippen molar-refractivity contribution in [3.63, 3.8) is 0 Å². The molecule has 2 nitrogen and oxygen atoms in total. The minimum atomic E-state index is -0.102. The van der Waals surface area contributed by atoms with Crippen LogP contribution < -0.4 is 5.32 Å². The highest BCUT2D eigenvalue weighted by molar-refractivity contribution is 9.09. The fourth-order valence-electron chi connectivity index (χ4n) is 0.759. The van der Waals surface area contributed by atoms with Crippen LogP contribution >= 0.6 is 15.9 Å². The smallest absolute Gasteiger partial charge is 0.115 e. The quantitative estimate of drug-likeness (QED) is 0.350. The van der Waals surface area contributed by atoms with Crippen LogP contribution in [0.5, 0.6) is 0 Å². The summed E-state index contributed by atoms with van der Waals surface area (Å²) in [6.07, 6.45) is 1.92. The average molecular weight is 187 g/mol. The van der Waals surface area contributed by atoms with E-state index >= 15 is 0 Å². The van der Waals surface area contributed by atoms with E-state index in [4.69, 9.17) is 5.26 Å². The van der Waals surface area contributed by atoms with Gasteiger partial charge in [-0.2, -0.15) is 5.26 Å². The van der Waals surface area contributed by atoms with Gasteiger partial charge in [0.25, 0.3) is 0 Å². The fourth-order valence-corrected chi connectivity index (χ4v) is 1.20. The van der Waals surface area contributed by atoms with Gasteiger partial charge < -0.3 is 0 Å². The highest BCUT2D eigenvalue weighted by Crippen LogP contribution is 2.16. The lowest BCUT2D eigenvalue weighted by molar-refractivity contribution is 0.757. The second kappa shape index (κ2) is 2.51. The molecule has 0 saturated heterocycles. The Hall–Kier alpha value is -0.330. The van der Waals surface area contributed by atoms with Gasteiger partial charge in [-0.3, -0.25) is 5.32 Å². The molecule has 3 heteroatoms. The van der Waals surface area contributed by atoms with Gasteiger partial charge in [0.05, 0.1) is 11.0 Å². The number of halogens is 1. The predicted octanol–water partition coefficient (Wildman–Crippen LogP) is 1.15. The van der Waals surface area contributed by atoms with Crippen LogP contribution in [0.25, 0.3) is 0 Å². The Morgan fingerprint density at radius 1 is 1.89 bits per heavy atom. The molecule has 0 aromatic carbocycles. The minimum absolute atomic E-state index is 0.102. The molecular formula is C6H7BrN2. The van der Waals surface area contributed by atoms with Crippen molar-refractivity contribution < 1.29 is 0 Å². The zero-order valence-corrected chi connectivity index (χ0v) is 6.64. The first-order valence-corrected chi connectivity index (χ1v) is 3.63. The fraction of sp³-hybridized carbons (Fsp3) is 0.500. The summed E-state index contributed by atoms with van der Waals surface area (Å²) in [6.45, 7) is 1.99. The zero-order chi connectivity index (χ0) is 6.85. The Bertz CT molecular complexity index is 180. The lowest BCUT2D eigenvalue weighted by Crippen LogP contribution is -2.25. The van der Waals surface area contributed by atoms with Crippen molar-refractivity contribution in [3.8, 4) is 6.07 Å². The molecule has 1 aliphatic heterocycles. The highest BCUT2D eigenvalue weighted by atomic mass is 79.9. The third-order valence-electron chi connectivity index (χ3n) is 1.29. The molecular weight excluding hydrogens is 180 g/mol. The molecule has 0 aromatic rings. The summed E-state index contributed by atoms with van der Waals surface area (Å²) in [5.41, 5.74) is 1.18. The molecule has 2 unspecified atom stereocenters. The van der Waals surface area contributed by atoms with Gasteiger partial charge in [-0.05, 0) is 12.5 Å². The first-order chi connectivity index (χ1) is 4.24. The van der Waals surface area contributed by atoms with E-state index in [0.29, 0.717) is 0 Å². The first kappa shape index (κ1) is 6.79. The van der Waals surface area contributed by atoms with Crippen molar-refractivity contribution in [1.29, 1.82) is 5.26 Å². The second-order valence-corrected chi connectivity index (χ2v) is 2.96. The van der Waals surface area contributed by atoms with E-state index in [0.717, 1.165) is 0 Å².